The first-order valence-corrected chi connectivity index (χ1v) is 9.79. The van der Waals surface area contributed by atoms with Gasteiger partial charge in [-0.1, -0.05) is 0 Å². The van der Waals surface area contributed by atoms with Gasteiger partial charge in [-0.25, -0.2) is 13.6 Å². The van der Waals surface area contributed by atoms with E-state index in [1.807, 2.05) is 0 Å². The zero-order valence-electron chi connectivity index (χ0n) is 14.0. The summed E-state index contributed by atoms with van der Waals surface area (Å²) in [5, 5.41) is 7.94. The minimum absolute atomic E-state index is 0.105. The van der Waals surface area contributed by atoms with Crippen LogP contribution < -0.4 is 20.1 Å². The summed E-state index contributed by atoms with van der Waals surface area (Å²) in [5.74, 6) is -0.0347. The number of nitrogens with two attached hydrogens (primary N) is 1. The maximum absolute atomic E-state index is 12.3. The first-order valence-electron chi connectivity index (χ1n) is 8.24. The summed E-state index contributed by atoms with van der Waals surface area (Å²) in [6.07, 6.45) is 4.76. The third kappa shape index (κ3) is 5.19. The SMILES string of the molecule is COc1ccc(S(N)(=O)=O)cc1C(=O)NCCC[NH+]1CCCCC1. The molecule has 1 fully saturated rings. The first kappa shape index (κ1) is 18.7. The van der Waals surface area contributed by atoms with E-state index >= 15 is 0 Å². The predicted molar refractivity (Wildman–Crippen MR) is 90.7 cm³/mol. The number of hydrogen-bond donors (Lipinski definition) is 3. The van der Waals surface area contributed by atoms with E-state index in [1.54, 1.807) is 4.90 Å². The van der Waals surface area contributed by atoms with E-state index in [0.717, 1.165) is 13.0 Å². The van der Waals surface area contributed by atoms with E-state index in [2.05, 4.69) is 5.32 Å². The predicted octanol–water partition coefficient (Wildman–Crippen LogP) is -0.469. The number of nitrogens with one attached hydrogen (secondary N) is 2. The van der Waals surface area contributed by atoms with Crippen molar-refractivity contribution in [1.29, 1.82) is 0 Å². The highest BCUT2D eigenvalue weighted by atomic mass is 32.2. The van der Waals surface area contributed by atoms with Gasteiger partial charge in [0.05, 0.1) is 37.2 Å². The van der Waals surface area contributed by atoms with Gasteiger partial charge < -0.3 is 15.0 Å². The molecule has 0 atom stereocenters. The number of ether oxygens (including phenoxy) is 1. The second-order valence-electron chi connectivity index (χ2n) is 6.08. The van der Waals surface area contributed by atoms with Crippen LogP contribution in [0.1, 0.15) is 36.0 Å². The molecule has 24 heavy (non-hydrogen) atoms. The van der Waals surface area contributed by atoms with Gasteiger partial charge in [0.2, 0.25) is 10.0 Å². The second-order valence-corrected chi connectivity index (χ2v) is 7.64. The standard InChI is InChI=1S/C16H25N3O4S/c1-23-15-7-6-13(24(17,21)22)12-14(15)16(20)18-8-5-11-19-9-3-2-4-10-19/h6-7,12H,2-5,8-11H2,1H3,(H,18,20)(H2,17,21,22)/p+1. The zero-order chi connectivity index (χ0) is 17.6. The molecule has 1 aromatic carbocycles. The third-order valence-electron chi connectivity index (χ3n) is 4.30. The van der Waals surface area contributed by atoms with Crippen molar-refractivity contribution in [3.8, 4) is 5.75 Å². The van der Waals surface area contributed by atoms with Crippen LogP contribution in [0.5, 0.6) is 5.75 Å². The lowest BCUT2D eigenvalue weighted by Crippen LogP contribution is -3.12. The lowest BCUT2D eigenvalue weighted by molar-refractivity contribution is -0.904. The summed E-state index contributed by atoms with van der Waals surface area (Å²) in [7, 11) is -2.43. The highest BCUT2D eigenvalue weighted by Gasteiger charge is 2.17. The average Bonchev–Trinajstić information content (AvgIpc) is 2.58. The smallest absolute Gasteiger partial charge is 0.255 e. The van der Waals surface area contributed by atoms with Gasteiger partial charge >= 0.3 is 0 Å². The van der Waals surface area contributed by atoms with E-state index in [4.69, 9.17) is 9.88 Å². The van der Waals surface area contributed by atoms with E-state index in [0.29, 0.717) is 12.3 Å². The van der Waals surface area contributed by atoms with Crippen LogP contribution in [0.25, 0.3) is 0 Å². The average molecular weight is 356 g/mol. The molecule has 1 amide bonds. The fourth-order valence-electron chi connectivity index (χ4n) is 2.98. The van der Waals surface area contributed by atoms with Gasteiger partial charge in [0.25, 0.3) is 5.91 Å². The fraction of sp³-hybridized carbons (Fsp3) is 0.562. The number of hydrogen-bond acceptors (Lipinski definition) is 4. The van der Waals surface area contributed by atoms with Crippen LogP contribution in [0.3, 0.4) is 0 Å². The van der Waals surface area contributed by atoms with Crippen molar-refractivity contribution < 1.29 is 22.8 Å². The molecule has 0 saturated carbocycles. The number of carbonyl (C=O) groups is 1. The van der Waals surface area contributed by atoms with Crippen LogP contribution in [0.15, 0.2) is 23.1 Å². The van der Waals surface area contributed by atoms with Gasteiger partial charge in [-0.2, -0.15) is 0 Å². The first-order chi connectivity index (χ1) is 11.4. The van der Waals surface area contributed by atoms with Crippen molar-refractivity contribution >= 4 is 15.9 Å². The van der Waals surface area contributed by atoms with Crippen molar-refractivity contribution in [1.82, 2.24) is 5.32 Å². The summed E-state index contributed by atoms with van der Waals surface area (Å²) < 4.78 is 28.0. The van der Waals surface area contributed by atoms with E-state index in [-0.39, 0.29) is 16.4 Å². The van der Waals surface area contributed by atoms with Gasteiger partial charge in [-0.05, 0) is 37.5 Å². The third-order valence-corrected chi connectivity index (χ3v) is 5.21. The number of methoxy groups -OCH3 is 1. The van der Waals surface area contributed by atoms with Gasteiger partial charge in [0.15, 0.2) is 0 Å². The Morgan fingerprint density at radius 2 is 2.00 bits per heavy atom. The molecule has 0 aliphatic carbocycles. The molecule has 8 heteroatoms. The molecule has 1 heterocycles. The molecule has 1 saturated heterocycles. The summed E-state index contributed by atoms with van der Waals surface area (Å²) in [6, 6.07) is 4.01. The molecule has 0 radical (unpaired) electrons. The molecular formula is C16H26N3O4S+. The minimum Gasteiger partial charge on any atom is -0.496 e. The number of sulfonamides is 1. The van der Waals surface area contributed by atoms with E-state index < -0.39 is 10.0 Å². The van der Waals surface area contributed by atoms with Gasteiger partial charge in [0.1, 0.15) is 5.75 Å². The Balaban J connectivity index is 1.93. The number of piperidine rings is 1. The number of primary sulfonamides is 1. The van der Waals surface area contributed by atoms with Crippen LogP contribution in [0, 0.1) is 0 Å². The monoisotopic (exact) mass is 356 g/mol. The quantitative estimate of drug-likeness (QED) is 0.575. The number of carbonyl (C=O) groups excluding carboxylic acids is 1. The zero-order valence-corrected chi connectivity index (χ0v) is 14.8. The second kappa shape index (κ2) is 8.46. The van der Waals surface area contributed by atoms with E-state index in [1.165, 1.54) is 57.7 Å². The number of benzene rings is 1. The molecule has 4 N–H and O–H groups in total. The Morgan fingerprint density at radius 1 is 1.29 bits per heavy atom. The summed E-state index contributed by atoms with van der Waals surface area (Å²) in [6.45, 7) is 4.00. The number of quaternary nitrogens is 1. The normalized spacial score (nSPS) is 15.9. The van der Waals surface area contributed by atoms with Gasteiger partial charge in [-0.3, -0.25) is 4.79 Å². The van der Waals surface area contributed by atoms with Crippen molar-refractivity contribution in [3.05, 3.63) is 23.8 Å². The van der Waals surface area contributed by atoms with Crippen LogP contribution >= 0.6 is 0 Å². The fourth-order valence-corrected chi connectivity index (χ4v) is 3.52. The number of rotatable bonds is 7. The maximum atomic E-state index is 12.3. The summed E-state index contributed by atoms with van der Waals surface area (Å²) in [5.41, 5.74) is 0.175. The highest BCUT2D eigenvalue weighted by Crippen LogP contribution is 2.21. The largest absolute Gasteiger partial charge is 0.496 e. The van der Waals surface area contributed by atoms with Crippen molar-refractivity contribution in [2.24, 2.45) is 5.14 Å². The van der Waals surface area contributed by atoms with Crippen molar-refractivity contribution in [2.75, 3.05) is 33.3 Å². The molecule has 1 aliphatic heterocycles. The van der Waals surface area contributed by atoms with Crippen molar-refractivity contribution in [3.63, 3.8) is 0 Å². The summed E-state index contributed by atoms with van der Waals surface area (Å²) in [4.78, 5) is 13.8. The lowest BCUT2D eigenvalue weighted by Gasteiger charge is -2.23. The molecule has 134 valence electrons. The molecule has 0 spiro atoms. The van der Waals surface area contributed by atoms with Crippen molar-refractivity contribution in [2.45, 2.75) is 30.6 Å². The Bertz CT molecular complexity index is 670. The summed E-state index contributed by atoms with van der Waals surface area (Å²) >= 11 is 0. The molecule has 2 rings (SSSR count). The number of amides is 1. The maximum Gasteiger partial charge on any atom is 0.255 e. The molecule has 0 bridgehead atoms. The van der Waals surface area contributed by atoms with Crippen LogP contribution in [0.2, 0.25) is 0 Å². The molecule has 0 unspecified atom stereocenters. The topological polar surface area (TPSA) is 103 Å². The van der Waals surface area contributed by atoms with Gasteiger partial charge in [0, 0.05) is 13.0 Å². The molecule has 0 aromatic heterocycles. The lowest BCUT2D eigenvalue weighted by atomic mass is 10.1. The highest BCUT2D eigenvalue weighted by molar-refractivity contribution is 7.89. The van der Waals surface area contributed by atoms with Crippen LogP contribution in [-0.4, -0.2) is 47.6 Å². The Morgan fingerprint density at radius 3 is 2.62 bits per heavy atom. The Labute approximate surface area is 143 Å². The number of likely N-dealkylation sites (tertiary alicyclic amines) is 1. The molecule has 1 aromatic rings. The Kier molecular flexibility index (Phi) is 6.59. The molecular weight excluding hydrogens is 330 g/mol. The molecule has 1 aliphatic rings. The van der Waals surface area contributed by atoms with Crippen LogP contribution in [0.4, 0.5) is 0 Å². The Hall–Kier alpha value is -1.64. The van der Waals surface area contributed by atoms with E-state index in [9.17, 15) is 13.2 Å². The van der Waals surface area contributed by atoms with Gasteiger partial charge in [-0.15, -0.1) is 0 Å². The minimum atomic E-state index is -3.86. The molecule has 7 nitrogen and oxygen atoms in total. The van der Waals surface area contributed by atoms with Crippen LogP contribution in [-0.2, 0) is 10.0 Å².